The number of nitrogens with zero attached hydrogens (tertiary/aromatic N) is 5. The van der Waals surface area contributed by atoms with E-state index in [0.29, 0.717) is 43.0 Å². The van der Waals surface area contributed by atoms with Gasteiger partial charge in [-0.15, -0.1) is 0 Å². The third kappa shape index (κ3) is 6.13. The quantitative estimate of drug-likeness (QED) is 0.642. The molecule has 10 nitrogen and oxygen atoms in total. The smallest absolute Gasteiger partial charge is 0.410 e. The van der Waals surface area contributed by atoms with E-state index in [4.69, 9.17) is 4.74 Å². The second-order valence-electron chi connectivity index (χ2n) is 9.21. The molecule has 1 atom stereocenters. The summed E-state index contributed by atoms with van der Waals surface area (Å²) in [6, 6.07) is 0. The van der Waals surface area contributed by atoms with E-state index in [1.165, 1.54) is 0 Å². The summed E-state index contributed by atoms with van der Waals surface area (Å²) in [4.78, 5) is 22.9. The number of hydrogen-bond donors (Lipinski definition) is 2. The van der Waals surface area contributed by atoms with E-state index in [0.717, 1.165) is 18.4 Å². The number of piperidine rings is 1. The molecule has 1 unspecified atom stereocenters. The lowest BCUT2D eigenvalue weighted by Crippen LogP contribution is -2.42. The van der Waals surface area contributed by atoms with Crippen molar-refractivity contribution >= 4 is 28.8 Å². The Kier molecular flexibility index (Phi) is 7.15. The highest BCUT2D eigenvalue weighted by Gasteiger charge is 2.27. The van der Waals surface area contributed by atoms with Gasteiger partial charge in [0.2, 0.25) is 5.95 Å². The number of carbonyl (C=O) groups excluding carboxylic acids is 1. The number of rotatable bonds is 6. The Hall–Kier alpha value is -2.27. The molecule has 1 saturated heterocycles. The largest absolute Gasteiger partial charge is 0.444 e. The molecule has 1 aliphatic heterocycles. The molecule has 0 saturated carbocycles. The van der Waals surface area contributed by atoms with Crippen LogP contribution in [-0.2, 0) is 21.6 Å². The highest BCUT2D eigenvalue weighted by atomic mass is 32.2. The zero-order valence-electron chi connectivity index (χ0n) is 18.8. The number of anilines is 1. The van der Waals surface area contributed by atoms with E-state index >= 15 is 0 Å². The molecule has 0 aromatic carbocycles. The van der Waals surface area contributed by atoms with Crippen LogP contribution >= 0.6 is 0 Å². The SMILES string of the molecule is CC(C)c1cnn2c(NCC3CCN(C(=O)OC(C)(C)C)CC3)nc(CS(=O)O)nc12. The average Bonchev–Trinajstić information content (AvgIpc) is 3.09. The zero-order chi connectivity index (χ0) is 22.8. The van der Waals surface area contributed by atoms with Crippen molar-refractivity contribution in [3.05, 3.63) is 17.6 Å². The lowest BCUT2D eigenvalue weighted by Gasteiger charge is -2.33. The average molecular weight is 453 g/mol. The fourth-order valence-corrected chi connectivity index (χ4v) is 3.87. The predicted molar refractivity (Wildman–Crippen MR) is 118 cm³/mol. The molecule has 11 heteroatoms. The lowest BCUT2D eigenvalue weighted by atomic mass is 9.97. The normalized spacial score (nSPS) is 16.7. The van der Waals surface area contributed by atoms with E-state index < -0.39 is 16.7 Å². The van der Waals surface area contributed by atoms with Crippen LogP contribution in [0.5, 0.6) is 0 Å². The molecule has 3 rings (SSSR count). The number of aromatic nitrogens is 4. The fourth-order valence-electron chi connectivity index (χ4n) is 3.52. The molecule has 2 aromatic rings. The maximum atomic E-state index is 12.2. The monoisotopic (exact) mass is 452 g/mol. The minimum absolute atomic E-state index is 0.137. The van der Waals surface area contributed by atoms with Crippen molar-refractivity contribution in [1.82, 2.24) is 24.5 Å². The first-order chi connectivity index (χ1) is 14.5. The van der Waals surface area contributed by atoms with Gasteiger partial charge >= 0.3 is 6.09 Å². The third-order valence-electron chi connectivity index (χ3n) is 5.13. The Labute approximate surface area is 185 Å². The Bertz CT molecular complexity index is 947. The summed E-state index contributed by atoms with van der Waals surface area (Å²) in [5, 5.41) is 7.75. The number of hydrogen-bond acceptors (Lipinski definition) is 7. The van der Waals surface area contributed by atoms with Crippen molar-refractivity contribution in [2.24, 2.45) is 5.92 Å². The van der Waals surface area contributed by atoms with Gasteiger partial charge in [-0.3, -0.25) is 0 Å². The number of ether oxygens (including phenoxy) is 1. The summed E-state index contributed by atoms with van der Waals surface area (Å²) in [6.07, 6.45) is 3.20. The van der Waals surface area contributed by atoms with Crippen LogP contribution in [0.4, 0.5) is 10.7 Å². The molecule has 3 heterocycles. The Balaban J connectivity index is 1.67. The van der Waals surface area contributed by atoms with Gasteiger partial charge in [-0.05, 0) is 45.4 Å². The van der Waals surface area contributed by atoms with Gasteiger partial charge in [-0.1, -0.05) is 13.8 Å². The molecule has 0 bridgehead atoms. The standard InChI is InChI=1S/C20H32N6O4S/c1-13(2)15-11-22-26-17(15)23-16(12-31(28)29)24-18(26)21-10-14-6-8-25(9-7-14)19(27)30-20(3,4)5/h11,13-14H,6-10,12H2,1-5H3,(H,28,29)(H,21,23,24). The summed E-state index contributed by atoms with van der Waals surface area (Å²) in [5.41, 5.74) is 1.11. The van der Waals surface area contributed by atoms with E-state index in [1.807, 2.05) is 20.8 Å². The van der Waals surface area contributed by atoms with Gasteiger partial charge in [-0.25, -0.2) is 14.0 Å². The molecule has 2 N–H and O–H groups in total. The number of carbonyl (C=O) groups is 1. The van der Waals surface area contributed by atoms with Crippen LogP contribution in [-0.4, -0.2) is 64.6 Å². The van der Waals surface area contributed by atoms with Crippen LogP contribution in [0, 0.1) is 5.92 Å². The van der Waals surface area contributed by atoms with Gasteiger partial charge in [0, 0.05) is 25.2 Å². The van der Waals surface area contributed by atoms with Crippen LogP contribution in [0.3, 0.4) is 0 Å². The van der Waals surface area contributed by atoms with Crippen molar-refractivity contribution in [3.8, 4) is 0 Å². The molecule has 1 amide bonds. The van der Waals surface area contributed by atoms with Gasteiger partial charge in [0.15, 0.2) is 16.7 Å². The molecular weight excluding hydrogens is 420 g/mol. The van der Waals surface area contributed by atoms with Gasteiger partial charge < -0.3 is 19.5 Å². The molecule has 172 valence electrons. The number of nitrogens with one attached hydrogen (secondary N) is 1. The number of likely N-dealkylation sites (tertiary alicyclic amines) is 1. The van der Waals surface area contributed by atoms with E-state index in [1.54, 1.807) is 15.6 Å². The molecule has 31 heavy (non-hydrogen) atoms. The minimum atomic E-state index is -2.03. The van der Waals surface area contributed by atoms with Crippen LogP contribution < -0.4 is 5.32 Å². The maximum Gasteiger partial charge on any atom is 0.410 e. The Morgan fingerprint density at radius 2 is 2.00 bits per heavy atom. The highest BCUT2D eigenvalue weighted by Crippen LogP contribution is 2.23. The predicted octanol–water partition coefficient (Wildman–Crippen LogP) is 3.03. The number of amides is 1. The highest BCUT2D eigenvalue weighted by molar-refractivity contribution is 7.78. The summed E-state index contributed by atoms with van der Waals surface area (Å²) in [7, 11) is 0. The van der Waals surface area contributed by atoms with Crippen LogP contribution in [0.25, 0.3) is 5.65 Å². The van der Waals surface area contributed by atoms with E-state index in [9.17, 15) is 13.6 Å². The Morgan fingerprint density at radius 1 is 1.32 bits per heavy atom. The van der Waals surface area contributed by atoms with Crippen molar-refractivity contribution in [2.75, 3.05) is 25.0 Å². The molecule has 2 aromatic heterocycles. The minimum Gasteiger partial charge on any atom is -0.444 e. The Morgan fingerprint density at radius 3 is 2.58 bits per heavy atom. The topological polar surface area (TPSA) is 122 Å². The van der Waals surface area contributed by atoms with Crippen LogP contribution in [0.2, 0.25) is 0 Å². The van der Waals surface area contributed by atoms with Crippen LogP contribution in [0.15, 0.2) is 6.20 Å². The maximum absolute atomic E-state index is 12.2. The number of fused-ring (bicyclic) bond motifs is 1. The van der Waals surface area contributed by atoms with Crippen molar-refractivity contribution < 1.29 is 18.3 Å². The zero-order valence-corrected chi connectivity index (χ0v) is 19.6. The van der Waals surface area contributed by atoms with Gasteiger partial charge in [-0.2, -0.15) is 14.6 Å². The summed E-state index contributed by atoms with van der Waals surface area (Å²) in [5.74, 6) is 1.25. The first-order valence-corrected chi connectivity index (χ1v) is 11.8. The molecule has 0 spiro atoms. The van der Waals surface area contributed by atoms with E-state index in [-0.39, 0.29) is 17.8 Å². The first kappa shape index (κ1) is 23.4. The summed E-state index contributed by atoms with van der Waals surface area (Å²) in [6.45, 7) is 11.7. The van der Waals surface area contributed by atoms with E-state index in [2.05, 4.69) is 34.2 Å². The van der Waals surface area contributed by atoms with Gasteiger partial charge in [0.05, 0.1) is 6.20 Å². The van der Waals surface area contributed by atoms with Crippen molar-refractivity contribution in [1.29, 1.82) is 0 Å². The van der Waals surface area contributed by atoms with Gasteiger partial charge in [0.1, 0.15) is 17.2 Å². The summed E-state index contributed by atoms with van der Waals surface area (Å²) >= 11 is -2.03. The van der Waals surface area contributed by atoms with Crippen molar-refractivity contribution in [2.45, 2.75) is 64.7 Å². The molecule has 1 fully saturated rings. The third-order valence-corrected chi connectivity index (χ3v) is 5.64. The summed E-state index contributed by atoms with van der Waals surface area (Å²) < 4.78 is 27.7. The molecular formula is C20H32N6O4S. The van der Waals surface area contributed by atoms with Gasteiger partial charge in [0.25, 0.3) is 0 Å². The fraction of sp³-hybridized carbons (Fsp3) is 0.700. The van der Waals surface area contributed by atoms with Crippen LogP contribution in [0.1, 0.15) is 64.8 Å². The second-order valence-corrected chi connectivity index (χ2v) is 10.1. The second kappa shape index (κ2) is 9.47. The molecule has 1 aliphatic rings. The lowest BCUT2D eigenvalue weighted by molar-refractivity contribution is 0.0188. The first-order valence-electron chi connectivity index (χ1n) is 10.6. The van der Waals surface area contributed by atoms with Crippen molar-refractivity contribution in [3.63, 3.8) is 0 Å². The molecule has 0 aliphatic carbocycles. The molecule has 0 radical (unpaired) electrons.